The Labute approximate surface area is 143 Å². The lowest BCUT2D eigenvalue weighted by Gasteiger charge is -2.55. The fraction of sp³-hybridized carbons (Fsp3) is 0.818. The normalized spacial score (nSPS) is 39.1. The molecule has 0 aromatic heterocycles. The summed E-state index contributed by atoms with van der Waals surface area (Å²) in [7, 11) is 0. The minimum absolute atomic E-state index is 0.0363. The summed E-state index contributed by atoms with van der Waals surface area (Å²) in [5.41, 5.74) is 3.15. The lowest BCUT2D eigenvalue weighted by molar-refractivity contribution is -0.184. The fourth-order valence-electron chi connectivity index (χ4n) is 5.56. The van der Waals surface area contributed by atoms with E-state index in [9.17, 15) is 0 Å². The van der Waals surface area contributed by atoms with Crippen molar-refractivity contribution in [1.29, 1.82) is 0 Å². The number of hydrogen-bond donors (Lipinski definition) is 0. The monoisotopic (exact) mass is 316 g/mol. The molecule has 3 rings (SSSR count). The smallest absolute Gasteiger partial charge is 0.0836 e. The van der Waals surface area contributed by atoms with Crippen molar-refractivity contribution in [3.8, 4) is 0 Å². The molecule has 0 spiro atoms. The second-order valence-corrected chi connectivity index (χ2v) is 8.99. The van der Waals surface area contributed by atoms with Crippen LogP contribution < -0.4 is 0 Å². The van der Waals surface area contributed by atoms with Gasteiger partial charge in [-0.15, -0.1) is 0 Å². The van der Waals surface area contributed by atoms with Crippen molar-refractivity contribution in [2.75, 3.05) is 0 Å². The molecule has 1 nitrogen and oxygen atoms in total. The first-order valence-corrected chi connectivity index (χ1v) is 9.99. The number of allylic oxidation sites excluding steroid dienone is 2. The number of ether oxygens (including phenoxy) is 1. The molecule has 1 aliphatic heterocycles. The second-order valence-electron chi connectivity index (χ2n) is 8.99. The zero-order valence-electron chi connectivity index (χ0n) is 15.9. The van der Waals surface area contributed by atoms with Crippen molar-refractivity contribution in [3.05, 3.63) is 23.3 Å². The van der Waals surface area contributed by atoms with E-state index in [1.807, 2.05) is 0 Å². The molecule has 130 valence electrons. The molecule has 0 aromatic rings. The van der Waals surface area contributed by atoms with Crippen LogP contribution in [0.25, 0.3) is 0 Å². The van der Waals surface area contributed by atoms with Gasteiger partial charge in [0.05, 0.1) is 11.7 Å². The van der Waals surface area contributed by atoms with Crippen molar-refractivity contribution < 1.29 is 4.74 Å². The largest absolute Gasteiger partial charge is 0.367 e. The van der Waals surface area contributed by atoms with Gasteiger partial charge in [-0.3, -0.25) is 0 Å². The minimum atomic E-state index is 0.0363. The minimum Gasteiger partial charge on any atom is -0.367 e. The summed E-state index contributed by atoms with van der Waals surface area (Å²) < 4.78 is 6.67. The number of rotatable bonds is 4. The number of hydrogen-bond acceptors (Lipinski definition) is 1. The van der Waals surface area contributed by atoms with Crippen molar-refractivity contribution >= 4 is 0 Å². The van der Waals surface area contributed by atoms with Crippen LogP contribution in [0.15, 0.2) is 23.3 Å². The van der Waals surface area contributed by atoms with E-state index in [-0.39, 0.29) is 5.60 Å². The Morgan fingerprint density at radius 1 is 1.22 bits per heavy atom. The number of unbranched alkanes of at least 4 members (excludes halogenated alkanes) is 2. The summed E-state index contributed by atoms with van der Waals surface area (Å²) in [5, 5.41) is 0. The molecule has 1 saturated carbocycles. The van der Waals surface area contributed by atoms with E-state index in [4.69, 9.17) is 4.74 Å². The molecule has 1 saturated heterocycles. The van der Waals surface area contributed by atoms with Gasteiger partial charge >= 0.3 is 0 Å². The molecule has 3 aliphatic rings. The van der Waals surface area contributed by atoms with Gasteiger partial charge in [0.1, 0.15) is 0 Å². The van der Waals surface area contributed by atoms with Crippen LogP contribution in [0.5, 0.6) is 0 Å². The van der Waals surface area contributed by atoms with Gasteiger partial charge in [0.25, 0.3) is 0 Å². The Morgan fingerprint density at radius 2 is 2.00 bits per heavy atom. The standard InChI is InChI=1S/C22H36O/c1-6-7-8-9-17-13-16(3)21-18-12-15(2)10-11-19(18)22(4,5)23-20(21)14-17/h13-15,18-21H,6-12H2,1-5H3. The van der Waals surface area contributed by atoms with Gasteiger partial charge in [-0.05, 0) is 69.8 Å². The average molecular weight is 317 g/mol. The van der Waals surface area contributed by atoms with E-state index in [0.717, 1.165) is 17.8 Å². The Bertz CT molecular complexity index is 484. The fourth-order valence-corrected chi connectivity index (χ4v) is 5.56. The van der Waals surface area contributed by atoms with Crippen molar-refractivity contribution in [3.63, 3.8) is 0 Å². The van der Waals surface area contributed by atoms with Crippen LogP contribution in [0.1, 0.15) is 79.6 Å². The molecule has 0 radical (unpaired) electrons. The average Bonchev–Trinajstić information content (AvgIpc) is 2.46. The molecule has 0 bridgehead atoms. The summed E-state index contributed by atoms with van der Waals surface area (Å²) in [6.07, 6.45) is 14.6. The maximum Gasteiger partial charge on any atom is 0.0836 e. The molecule has 2 fully saturated rings. The van der Waals surface area contributed by atoms with E-state index < -0.39 is 0 Å². The molecular weight excluding hydrogens is 280 g/mol. The van der Waals surface area contributed by atoms with Crippen molar-refractivity contribution in [2.24, 2.45) is 23.7 Å². The van der Waals surface area contributed by atoms with Gasteiger partial charge in [-0.1, -0.05) is 50.8 Å². The van der Waals surface area contributed by atoms with Crippen LogP contribution in [0.3, 0.4) is 0 Å². The predicted molar refractivity (Wildman–Crippen MR) is 98.4 cm³/mol. The highest BCUT2D eigenvalue weighted by molar-refractivity contribution is 5.33. The van der Waals surface area contributed by atoms with Gasteiger partial charge in [0.2, 0.25) is 0 Å². The van der Waals surface area contributed by atoms with Crippen LogP contribution in [-0.4, -0.2) is 11.7 Å². The molecule has 5 atom stereocenters. The first kappa shape index (κ1) is 17.3. The molecule has 5 unspecified atom stereocenters. The molecule has 0 amide bonds. The van der Waals surface area contributed by atoms with Crippen LogP contribution >= 0.6 is 0 Å². The second kappa shape index (κ2) is 6.75. The SMILES string of the molecule is CCCCCC1=CC2OC(C)(C)C3CCC(C)CC3C2C(C)=C1. The van der Waals surface area contributed by atoms with Gasteiger partial charge in [0.15, 0.2) is 0 Å². The maximum absolute atomic E-state index is 6.67. The zero-order chi connectivity index (χ0) is 16.6. The first-order chi connectivity index (χ1) is 10.9. The lowest BCUT2D eigenvalue weighted by atomic mass is 9.58. The predicted octanol–water partition coefficient (Wildman–Crippen LogP) is 6.30. The van der Waals surface area contributed by atoms with Crippen molar-refractivity contribution in [1.82, 2.24) is 0 Å². The Balaban J connectivity index is 1.81. The highest BCUT2D eigenvalue weighted by Gasteiger charge is 2.51. The van der Waals surface area contributed by atoms with Gasteiger partial charge in [0, 0.05) is 5.92 Å². The molecule has 0 N–H and O–H groups in total. The van der Waals surface area contributed by atoms with Gasteiger partial charge in [-0.2, -0.15) is 0 Å². The topological polar surface area (TPSA) is 9.23 Å². The van der Waals surface area contributed by atoms with Crippen LogP contribution in [0.4, 0.5) is 0 Å². The van der Waals surface area contributed by atoms with Crippen LogP contribution in [0.2, 0.25) is 0 Å². The maximum atomic E-state index is 6.67. The summed E-state index contributed by atoms with van der Waals surface area (Å²) >= 11 is 0. The van der Waals surface area contributed by atoms with Gasteiger partial charge in [-0.25, -0.2) is 0 Å². The number of fused-ring (bicyclic) bond motifs is 3. The molecule has 0 aromatic carbocycles. The molecule has 2 aliphatic carbocycles. The van der Waals surface area contributed by atoms with E-state index in [2.05, 4.69) is 46.8 Å². The molecule has 1 heteroatoms. The third-order valence-corrected chi connectivity index (χ3v) is 6.70. The van der Waals surface area contributed by atoms with Crippen LogP contribution in [0, 0.1) is 23.7 Å². The van der Waals surface area contributed by atoms with E-state index in [1.165, 1.54) is 50.5 Å². The van der Waals surface area contributed by atoms with E-state index >= 15 is 0 Å². The highest BCUT2D eigenvalue weighted by Crippen LogP contribution is 2.53. The Hall–Kier alpha value is -0.560. The summed E-state index contributed by atoms with van der Waals surface area (Å²) in [4.78, 5) is 0. The summed E-state index contributed by atoms with van der Waals surface area (Å²) in [6.45, 7) is 11.8. The Morgan fingerprint density at radius 3 is 2.74 bits per heavy atom. The van der Waals surface area contributed by atoms with E-state index in [1.54, 1.807) is 5.57 Å². The molecular formula is C22H36O. The van der Waals surface area contributed by atoms with E-state index in [0.29, 0.717) is 12.0 Å². The first-order valence-electron chi connectivity index (χ1n) is 9.99. The third-order valence-electron chi connectivity index (χ3n) is 6.70. The quantitative estimate of drug-likeness (QED) is 0.553. The summed E-state index contributed by atoms with van der Waals surface area (Å²) in [6, 6.07) is 0. The highest BCUT2D eigenvalue weighted by atomic mass is 16.5. The zero-order valence-corrected chi connectivity index (χ0v) is 15.9. The van der Waals surface area contributed by atoms with Crippen LogP contribution in [-0.2, 0) is 4.74 Å². The van der Waals surface area contributed by atoms with Crippen molar-refractivity contribution in [2.45, 2.75) is 91.3 Å². The third kappa shape index (κ3) is 3.45. The Kier molecular flexibility index (Phi) is 5.06. The molecule has 1 heterocycles. The molecule has 23 heavy (non-hydrogen) atoms. The lowest BCUT2D eigenvalue weighted by Crippen LogP contribution is -2.55. The van der Waals surface area contributed by atoms with Gasteiger partial charge < -0.3 is 4.74 Å². The summed E-state index contributed by atoms with van der Waals surface area (Å²) in [5.74, 6) is 3.06.